The fraction of sp³-hybridized carbons (Fsp3) is 0.556. The minimum Gasteiger partial charge on any atom is -0.375 e. The molecule has 3 rings (SSSR count). The Labute approximate surface area is 142 Å². The molecule has 130 valence electrons. The molecular weight excluding hydrogens is 306 g/mol. The molecular formula is C18H25N3O3. The Bertz CT molecular complexity index is 598. The number of hydrogen-bond donors (Lipinski definition) is 1. The average Bonchev–Trinajstić information content (AvgIpc) is 3.39. The van der Waals surface area contributed by atoms with Gasteiger partial charge in [-0.1, -0.05) is 12.1 Å². The van der Waals surface area contributed by atoms with Gasteiger partial charge in [-0.2, -0.15) is 0 Å². The molecule has 1 heterocycles. The summed E-state index contributed by atoms with van der Waals surface area (Å²) in [5.74, 6) is -0.247. The van der Waals surface area contributed by atoms with Crippen molar-refractivity contribution in [1.82, 2.24) is 9.80 Å². The van der Waals surface area contributed by atoms with E-state index in [1.54, 1.807) is 12.1 Å². The van der Waals surface area contributed by atoms with E-state index < -0.39 is 5.91 Å². The van der Waals surface area contributed by atoms with Crippen molar-refractivity contribution in [1.29, 1.82) is 0 Å². The Morgan fingerprint density at radius 2 is 2.00 bits per heavy atom. The van der Waals surface area contributed by atoms with Gasteiger partial charge in [0.1, 0.15) is 0 Å². The molecule has 2 amide bonds. The van der Waals surface area contributed by atoms with Crippen LogP contribution >= 0.6 is 0 Å². The van der Waals surface area contributed by atoms with Crippen molar-refractivity contribution in [2.45, 2.75) is 38.5 Å². The summed E-state index contributed by atoms with van der Waals surface area (Å²) in [6, 6.07) is 7.80. The van der Waals surface area contributed by atoms with E-state index in [-0.39, 0.29) is 12.0 Å². The second kappa shape index (κ2) is 7.32. The van der Waals surface area contributed by atoms with Crippen LogP contribution in [0.25, 0.3) is 0 Å². The van der Waals surface area contributed by atoms with E-state index in [1.165, 1.54) is 0 Å². The van der Waals surface area contributed by atoms with Crippen LogP contribution in [-0.2, 0) is 16.1 Å². The molecule has 0 bridgehead atoms. The van der Waals surface area contributed by atoms with Gasteiger partial charge in [-0.05, 0) is 37.5 Å². The number of carbonyl (C=O) groups is 2. The van der Waals surface area contributed by atoms with Gasteiger partial charge >= 0.3 is 0 Å². The molecule has 1 aromatic carbocycles. The predicted octanol–water partition coefficient (Wildman–Crippen LogP) is 0.997. The standard InChI is InChI=1S/C18H25N3O3/c1-13-10-20(8-9-24-13)17(22)12-21(16-6-7-16)11-14-2-4-15(5-3-14)18(19)23/h2-5,13,16H,6-12H2,1H3,(H2,19,23). The number of nitrogens with zero attached hydrogens (tertiary/aromatic N) is 2. The third-order valence-electron chi connectivity index (χ3n) is 4.62. The third-order valence-corrected chi connectivity index (χ3v) is 4.62. The highest BCUT2D eigenvalue weighted by Crippen LogP contribution is 2.28. The van der Waals surface area contributed by atoms with Crippen LogP contribution < -0.4 is 5.73 Å². The summed E-state index contributed by atoms with van der Waals surface area (Å²) < 4.78 is 5.50. The summed E-state index contributed by atoms with van der Waals surface area (Å²) >= 11 is 0. The van der Waals surface area contributed by atoms with Gasteiger partial charge in [-0.15, -0.1) is 0 Å². The maximum Gasteiger partial charge on any atom is 0.248 e. The van der Waals surface area contributed by atoms with Crippen LogP contribution in [0, 0.1) is 0 Å². The number of ether oxygens (including phenoxy) is 1. The van der Waals surface area contributed by atoms with Crippen molar-refractivity contribution in [3.05, 3.63) is 35.4 Å². The molecule has 1 unspecified atom stereocenters. The van der Waals surface area contributed by atoms with Crippen molar-refractivity contribution in [2.75, 3.05) is 26.2 Å². The Hall–Kier alpha value is -1.92. The predicted molar refractivity (Wildman–Crippen MR) is 90.4 cm³/mol. The van der Waals surface area contributed by atoms with Gasteiger partial charge in [0.2, 0.25) is 11.8 Å². The summed E-state index contributed by atoms with van der Waals surface area (Å²) in [7, 11) is 0. The SMILES string of the molecule is CC1CN(C(=O)CN(Cc2ccc(C(N)=O)cc2)C2CC2)CCO1. The van der Waals surface area contributed by atoms with E-state index >= 15 is 0 Å². The van der Waals surface area contributed by atoms with Gasteiger partial charge in [0.25, 0.3) is 0 Å². The summed E-state index contributed by atoms with van der Waals surface area (Å²) in [6.45, 7) is 5.12. The highest BCUT2D eigenvalue weighted by atomic mass is 16.5. The van der Waals surface area contributed by atoms with Crippen molar-refractivity contribution in [3.8, 4) is 0 Å². The van der Waals surface area contributed by atoms with Crippen molar-refractivity contribution >= 4 is 11.8 Å². The first-order valence-electron chi connectivity index (χ1n) is 8.55. The average molecular weight is 331 g/mol. The summed E-state index contributed by atoms with van der Waals surface area (Å²) in [6.07, 6.45) is 2.40. The van der Waals surface area contributed by atoms with Crippen LogP contribution in [0.2, 0.25) is 0 Å². The molecule has 2 N–H and O–H groups in total. The molecule has 1 saturated heterocycles. The van der Waals surface area contributed by atoms with E-state index in [0.717, 1.165) is 24.9 Å². The molecule has 24 heavy (non-hydrogen) atoms. The monoisotopic (exact) mass is 331 g/mol. The first-order valence-corrected chi connectivity index (χ1v) is 8.55. The first-order chi connectivity index (χ1) is 11.5. The molecule has 0 radical (unpaired) electrons. The van der Waals surface area contributed by atoms with Gasteiger partial charge in [0.15, 0.2) is 0 Å². The molecule has 2 fully saturated rings. The summed E-state index contributed by atoms with van der Waals surface area (Å²) in [5, 5.41) is 0. The van der Waals surface area contributed by atoms with E-state index in [2.05, 4.69) is 4.90 Å². The van der Waals surface area contributed by atoms with Gasteiger partial charge in [-0.25, -0.2) is 0 Å². The third kappa shape index (κ3) is 4.33. The quantitative estimate of drug-likeness (QED) is 0.844. The minimum absolute atomic E-state index is 0.110. The van der Waals surface area contributed by atoms with Gasteiger partial charge in [0.05, 0.1) is 19.3 Å². The van der Waals surface area contributed by atoms with Crippen molar-refractivity contribution in [3.63, 3.8) is 0 Å². The highest BCUT2D eigenvalue weighted by Gasteiger charge is 2.32. The smallest absolute Gasteiger partial charge is 0.248 e. The van der Waals surface area contributed by atoms with E-state index in [1.807, 2.05) is 24.0 Å². The molecule has 6 nitrogen and oxygen atoms in total. The Morgan fingerprint density at radius 3 is 2.58 bits per heavy atom. The number of primary amides is 1. The first kappa shape index (κ1) is 16.9. The van der Waals surface area contributed by atoms with Gasteiger partial charge < -0.3 is 15.4 Å². The fourth-order valence-electron chi connectivity index (χ4n) is 3.08. The number of carbonyl (C=O) groups excluding carboxylic acids is 2. The van der Waals surface area contributed by atoms with Crippen molar-refractivity contribution < 1.29 is 14.3 Å². The molecule has 1 atom stereocenters. The number of hydrogen-bond acceptors (Lipinski definition) is 4. The Kier molecular flexibility index (Phi) is 5.16. The van der Waals surface area contributed by atoms with Gasteiger partial charge in [-0.3, -0.25) is 14.5 Å². The summed E-state index contributed by atoms with van der Waals surface area (Å²) in [4.78, 5) is 27.9. The maximum absolute atomic E-state index is 12.6. The fourth-order valence-corrected chi connectivity index (χ4v) is 3.08. The number of nitrogens with two attached hydrogens (primary N) is 1. The molecule has 0 spiro atoms. The van der Waals surface area contributed by atoms with Crippen LogP contribution in [-0.4, -0.2) is 60.0 Å². The lowest BCUT2D eigenvalue weighted by Gasteiger charge is -2.33. The van der Waals surface area contributed by atoms with Crippen molar-refractivity contribution in [2.24, 2.45) is 5.73 Å². The largest absolute Gasteiger partial charge is 0.375 e. The lowest BCUT2D eigenvalue weighted by atomic mass is 10.1. The molecule has 0 aromatic heterocycles. The van der Waals surface area contributed by atoms with Crippen LogP contribution in [0.15, 0.2) is 24.3 Å². The van der Waals surface area contributed by atoms with E-state index in [4.69, 9.17) is 10.5 Å². The zero-order chi connectivity index (χ0) is 17.1. The molecule has 1 aliphatic heterocycles. The minimum atomic E-state index is -0.419. The van der Waals surface area contributed by atoms with Crippen LogP contribution in [0.1, 0.15) is 35.7 Å². The lowest BCUT2D eigenvalue weighted by Crippen LogP contribution is -2.48. The summed E-state index contributed by atoms with van der Waals surface area (Å²) in [5.41, 5.74) is 6.88. The second-order valence-corrected chi connectivity index (χ2v) is 6.72. The highest BCUT2D eigenvalue weighted by molar-refractivity contribution is 5.92. The number of rotatable bonds is 6. The zero-order valence-electron chi connectivity index (χ0n) is 14.1. The second-order valence-electron chi connectivity index (χ2n) is 6.72. The molecule has 1 aliphatic carbocycles. The maximum atomic E-state index is 12.6. The molecule has 2 aliphatic rings. The van der Waals surface area contributed by atoms with Crippen LogP contribution in [0.5, 0.6) is 0 Å². The zero-order valence-corrected chi connectivity index (χ0v) is 14.1. The Balaban J connectivity index is 1.60. The van der Waals surface area contributed by atoms with Gasteiger partial charge in [0, 0.05) is 31.2 Å². The molecule has 1 saturated carbocycles. The number of morpholine rings is 1. The van der Waals surface area contributed by atoms with Crippen LogP contribution in [0.4, 0.5) is 0 Å². The number of benzene rings is 1. The normalized spacial score (nSPS) is 21.1. The van der Waals surface area contributed by atoms with Crippen LogP contribution in [0.3, 0.4) is 0 Å². The molecule has 1 aromatic rings. The topological polar surface area (TPSA) is 75.9 Å². The lowest BCUT2D eigenvalue weighted by molar-refractivity contribution is -0.139. The van der Waals surface area contributed by atoms with E-state index in [0.29, 0.717) is 37.8 Å². The molecule has 6 heteroatoms. The van der Waals surface area contributed by atoms with E-state index in [9.17, 15) is 9.59 Å². The Morgan fingerprint density at radius 1 is 1.29 bits per heavy atom. The number of amides is 2.